The third-order valence-corrected chi connectivity index (χ3v) is 7.93. The molecule has 1 amide bonds. The average molecular weight is 536 g/mol. The molecule has 0 unspecified atom stereocenters. The normalized spacial score (nSPS) is 11.4. The van der Waals surface area contributed by atoms with Crippen molar-refractivity contribution in [2.45, 2.75) is 38.1 Å². The van der Waals surface area contributed by atoms with Gasteiger partial charge in [0.2, 0.25) is 0 Å². The van der Waals surface area contributed by atoms with E-state index in [-0.39, 0.29) is 29.2 Å². The number of nitrogens with zero attached hydrogens (tertiary/aromatic N) is 2. The Morgan fingerprint density at radius 1 is 1.05 bits per heavy atom. The molecule has 0 fully saturated rings. The summed E-state index contributed by atoms with van der Waals surface area (Å²) in [6.45, 7) is 4.08. The summed E-state index contributed by atoms with van der Waals surface area (Å²) >= 11 is 0. The summed E-state index contributed by atoms with van der Waals surface area (Å²) in [5.41, 5.74) is 1.33. The summed E-state index contributed by atoms with van der Waals surface area (Å²) in [5.74, 6) is -1.26. The lowest BCUT2D eigenvalue weighted by atomic mass is 10.1. The van der Waals surface area contributed by atoms with E-state index in [0.717, 1.165) is 12.0 Å². The van der Waals surface area contributed by atoms with E-state index in [1.807, 2.05) is 13.8 Å². The first kappa shape index (κ1) is 26.9. The number of rotatable bonds is 9. The maximum absolute atomic E-state index is 13.3. The number of amides is 1. The molecule has 1 N–H and O–H groups in total. The number of pyridine rings is 1. The maximum Gasteiger partial charge on any atom is 0.339 e. The zero-order valence-electron chi connectivity index (χ0n) is 21.4. The number of nitrogens with one attached hydrogen (secondary N) is 1. The molecule has 0 saturated carbocycles. The van der Waals surface area contributed by atoms with Gasteiger partial charge < -0.3 is 14.6 Å². The van der Waals surface area contributed by atoms with Crippen LogP contribution in [-0.4, -0.2) is 42.5 Å². The fourth-order valence-electron chi connectivity index (χ4n) is 4.12. The van der Waals surface area contributed by atoms with Crippen molar-refractivity contribution in [3.05, 3.63) is 99.6 Å². The number of hydrogen-bond donors (Lipinski definition) is 1. The van der Waals surface area contributed by atoms with Crippen LogP contribution >= 0.6 is 0 Å². The van der Waals surface area contributed by atoms with Crippen molar-refractivity contribution in [3.8, 4) is 0 Å². The molecule has 0 radical (unpaired) electrons. The molecule has 4 rings (SSSR count). The number of carbonyl (C=O) groups is 2. The maximum atomic E-state index is 13.3. The number of aryl methyl sites for hydroxylation is 1. The highest BCUT2D eigenvalue weighted by molar-refractivity contribution is 7.90. The third-order valence-electron chi connectivity index (χ3n) is 6.23. The van der Waals surface area contributed by atoms with Crippen LogP contribution in [0.5, 0.6) is 0 Å². The standard InChI is InChI=1S/C28H29N3O6S/c1-4-5-15-37-28(34)21-16-24(26(32)29-3)27(33)30(18-21)17-20-7-6-8-25-23(20)13-14-31(25)38(35,36)22-11-9-19(2)10-12-22/h6-14,16,18H,4-5,15,17H2,1-3H3,(H,29,32). The Labute approximate surface area is 220 Å². The van der Waals surface area contributed by atoms with Crippen molar-refractivity contribution < 1.29 is 22.7 Å². The summed E-state index contributed by atoms with van der Waals surface area (Å²) in [6, 6.07) is 14.7. The van der Waals surface area contributed by atoms with Crippen LogP contribution in [0, 0.1) is 6.92 Å². The number of ether oxygens (including phenoxy) is 1. The molecule has 0 spiro atoms. The number of unbranched alkanes of at least 4 members (excludes halogenated alkanes) is 1. The van der Waals surface area contributed by atoms with Crippen LogP contribution in [0.25, 0.3) is 10.9 Å². The number of aromatic nitrogens is 2. The second-order valence-corrected chi connectivity index (χ2v) is 10.7. The highest BCUT2D eigenvalue weighted by atomic mass is 32.2. The van der Waals surface area contributed by atoms with Gasteiger partial charge in [-0.1, -0.05) is 43.2 Å². The molecule has 198 valence electrons. The molecule has 38 heavy (non-hydrogen) atoms. The molecule has 4 aromatic rings. The lowest BCUT2D eigenvalue weighted by Crippen LogP contribution is -2.32. The topological polar surface area (TPSA) is 116 Å². The summed E-state index contributed by atoms with van der Waals surface area (Å²) < 4.78 is 34.4. The van der Waals surface area contributed by atoms with Gasteiger partial charge in [0, 0.05) is 24.8 Å². The Hall–Kier alpha value is -4.18. The van der Waals surface area contributed by atoms with E-state index in [2.05, 4.69) is 5.32 Å². The van der Waals surface area contributed by atoms with Crippen LogP contribution in [0.4, 0.5) is 0 Å². The molecule has 9 nitrogen and oxygen atoms in total. The van der Waals surface area contributed by atoms with Gasteiger partial charge in [-0.05, 0) is 49.2 Å². The minimum Gasteiger partial charge on any atom is -0.462 e. The van der Waals surface area contributed by atoms with E-state index in [4.69, 9.17) is 4.74 Å². The van der Waals surface area contributed by atoms with Crippen molar-refractivity contribution in [3.63, 3.8) is 0 Å². The lowest BCUT2D eigenvalue weighted by Gasteiger charge is -2.13. The number of benzene rings is 2. The smallest absolute Gasteiger partial charge is 0.339 e. The number of carbonyl (C=O) groups excluding carboxylic acids is 2. The minimum absolute atomic E-state index is 0.00480. The Morgan fingerprint density at radius 2 is 1.79 bits per heavy atom. The van der Waals surface area contributed by atoms with Gasteiger partial charge >= 0.3 is 5.97 Å². The molecule has 2 aromatic heterocycles. The average Bonchev–Trinajstić information content (AvgIpc) is 3.36. The second-order valence-electron chi connectivity index (χ2n) is 8.92. The Bertz CT molecular complexity index is 1670. The second kappa shape index (κ2) is 11.1. The Kier molecular flexibility index (Phi) is 7.82. The van der Waals surface area contributed by atoms with Gasteiger partial charge in [0.1, 0.15) is 5.56 Å². The molecular weight excluding hydrogens is 506 g/mol. The third kappa shape index (κ3) is 5.26. The number of esters is 1. The van der Waals surface area contributed by atoms with E-state index in [9.17, 15) is 22.8 Å². The van der Waals surface area contributed by atoms with Crippen molar-refractivity contribution >= 4 is 32.8 Å². The van der Waals surface area contributed by atoms with Crippen molar-refractivity contribution in [1.29, 1.82) is 0 Å². The quantitative estimate of drug-likeness (QED) is 0.258. The fraction of sp³-hybridized carbons (Fsp3) is 0.250. The van der Waals surface area contributed by atoms with Gasteiger partial charge in [0.05, 0.1) is 29.1 Å². The largest absolute Gasteiger partial charge is 0.462 e. The van der Waals surface area contributed by atoms with Crippen LogP contribution < -0.4 is 10.9 Å². The first-order valence-electron chi connectivity index (χ1n) is 12.2. The Balaban J connectivity index is 1.77. The van der Waals surface area contributed by atoms with E-state index in [0.29, 0.717) is 22.9 Å². The van der Waals surface area contributed by atoms with Gasteiger partial charge in [-0.15, -0.1) is 0 Å². The molecule has 0 atom stereocenters. The molecule has 0 aliphatic carbocycles. The number of fused-ring (bicyclic) bond motifs is 1. The molecule has 0 aliphatic heterocycles. The van der Waals surface area contributed by atoms with Gasteiger partial charge in [0.25, 0.3) is 21.5 Å². The molecule has 2 heterocycles. The predicted octanol–water partition coefficient (Wildman–Crippen LogP) is 3.71. The van der Waals surface area contributed by atoms with Gasteiger partial charge in [-0.3, -0.25) is 9.59 Å². The molecule has 10 heteroatoms. The van der Waals surface area contributed by atoms with Gasteiger partial charge in [-0.25, -0.2) is 17.2 Å². The number of hydrogen-bond acceptors (Lipinski definition) is 6. The first-order valence-corrected chi connectivity index (χ1v) is 13.7. The van der Waals surface area contributed by atoms with Gasteiger partial charge in [-0.2, -0.15) is 0 Å². The van der Waals surface area contributed by atoms with Crippen molar-refractivity contribution in [2.75, 3.05) is 13.7 Å². The van der Waals surface area contributed by atoms with Crippen molar-refractivity contribution in [1.82, 2.24) is 13.9 Å². The van der Waals surface area contributed by atoms with E-state index in [1.165, 1.54) is 34.0 Å². The van der Waals surface area contributed by atoms with Gasteiger partial charge in [0.15, 0.2) is 0 Å². The van der Waals surface area contributed by atoms with E-state index in [1.54, 1.807) is 48.5 Å². The molecule has 0 saturated heterocycles. The zero-order valence-corrected chi connectivity index (χ0v) is 22.2. The SMILES string of the molecule is CCCCOC(=O)c1cc(C(=O)NC)c(=O)n(Cc2cccc3c2ccn3S(=O)(=O)c2ccc(C)cc2)c1. The fourth-order valence-corrected chi connectivity index (χ4v) is 5.46. The highest BCUT2D eigenvalue weighted by Gasteiger charge is 2.21. The molecule has 0 aliphatic rings. The highest BCUT2D eigenvalue weighted by Crippen LogP contribution is 2.25. The molecule has 2 aromatic carbocycles. The summed E-state index contributed by atoms with van der Waals surface area (Å²) in [5, 5.41) is 3.04. The molecule has 0 bridgehead atoms. The summed E-state index contributed by atoms with van der Waals surface area (Å²) in [6.07, 6.45) is 4.38. The summed E-state index contributed by atoms with van der Waals surface area (Å²) in [7, 11) is -2.45. The van der Waals surface area contributed by atoms with Crippen molar-refractivity contribution in [2.24, 2.45) is 0 Å². The van der Waals surface area contributed by atoms with Crippen LogP contribution in [-0.2, 0) is 21.3 Å². The predicted molar refractivity (Wildman–Crippen MR) is 144 cm³/mol. The Morgan fingerprint density at radius 3 is 2.47 bits per heavy atom. The summed E-state index contributed by atoms with van der Waals surface area (Å²) in [4.78, 5) is 38.4. The monoisotopic (exact) mass is 535 g/mol. The van der Waals surface area contributed by atoms with Crippen LogP contribution in [0.2, 0.25) is 0 Å². The van der Waals surface area contributed by atoms with E-state index >= 15 is 0 Å². The van der Waals surface area contributed by atoms with Crippen LogP contribution in [0.3, 0.4) is 0 Å². The minimum atomic E-state index is -3.85. The zero-order chi connectivity index (χ0) is 27.4. The van der Waals surface area contributed by atoms with E-state index < -0.39 is 27.5 Å². The first-order chi connectivity index (χ1) is 18.2. The van der Waals surface area contributed by atoms with Crippen LogP contribution in [0.1, 0.15) is 51.6 Å². The van der Waals surface area contributed by atoms with Crippen LogP contribution in [0.15, 0.2) is 76.7 Å². The lowest BCUT2D eigenvalue weighted by molar-refractivity contribution is 0.0498. The molecular formula is C28H29N3O6S.